The van der Waals surface area contributed by atoms with E-state index < -0.39 is 5.82 Å². The van der Waals surface area contributed by atoms with Crippen molar-refractivity contribution in [3.8, 4) is 0 Å². The highest BCUT2D eigenvalue weighted by molar-refractivity contribution is 7.99. The van der Waals surface area contributed by atoms with Gasteiger partial charge >= 0.3 is 0 Å². The number of hydrogen-bond donors (Lipinski definition) is 2. The molecule has 1 heterocycles. The van der Waals surface area contributed by atoms with Crippen molar-refractivity contribution in [3.05, 3.63) is 24.0 Å². The Morgan fingerprint density at radius 1 is 1.60 bits per heavy atom. The highest BCUT2D eigenvalue weighted by Gasteiger charge is 2.17. The van der Waals surface area contributed by atoms with Crippen LogP contribution in [0.3, 0.4) is 0 Å². The number of nitrogens with zero attached hydrogens (tertiary/aromatic N) is 1. The maximum atomic E-state index is 13.0. The fourth-order valence-electron chi connectivity index (χ4n) is 2.20. The number of nitrogens with two attached hydrogens (primary N) is 1. The lowest BCUT2D eigenvalue weighted by Gasteiger charge is -2.30. The number of anilines is 2. The van der Waals surface area contributed by atoms with Crippen LogP contribution in [0.1, 0.15) is 13.3 Å². The number of rotatable bonds is 4. The number of nitrogens with one attached hydrogen (secondary N) is 1. The summed E-state index contributed by atoms with van der Waals surface area (Å²) >= 11 is 1.97. The summed E-state index contributed by atoms with van der Waals surface area (Å²) in [4.78, 5) is 14.2. The summed E-state index contributed by atoms with van der Waals surface area (Å²) in [6.45, 7) is 5.03. The Balaban J connectivity index is 1.78. The molecule has 1 fully saturated rings. The van der Waals surface area contributed by atoms with Crippen LogP contribution in [-0.2, 0) is 4.79 Å². The standard InChI is InChI=1S/C14H20FN3OS/c1-10-9-18(6-7-20-10)5-4-14(19)17-11-2-3-12(15)13(16)8-11/h2-3,8,10H,4-7,9,16H2,1H3,(H,17,19). The Bertz CT molecular complexity index is 483. The van der Waals surface area contributed by atoms with Crippen molar-refractivity contribution in [1.29, 1.82) is 0 Å². The molecule has 1 amide bonds. The second-order valence-corrected chi connectivity index (χ2v) is 6.56. The number of carbonyl (C=O) groups excluding carboxylic acids is 1. The molecule has 1 aliphatic heterocycles. The van der Waals surface area contributed by atoms with Gasteiger partial charge in [0.15, 0.2) is 0 Å². The fourth-order valence-corrected chi connectivity index (χ4v) is 3.28. The van der Waals surface area contributed by atoms with Crippen molar-refractivity contribution >= 4 is 29.0 Å². The first-order chi connectivity index (χ1) is 9.54. The van der Waals surface area contributed by atoms with E-state index in [1.807, 2.05) is 11.8 Å². The first-order valence-corrected chi connectivity index (χ1v) is 7.78. The molecule has 0 saturated carbocycles. The predicted molar refractivity (Wildman–Crippen MR) is 82.4 cm³/mol. The van der Waals surface area contributed by atoms with Gasteiger partial charge in [-0.25, -0.2) is 4.39 Å². The number of hydrogen-bond acceptors (Lipinski definition) is 4. The molecule has 110 valence electrons. The summed E-state index contributed by atoms with van der Waals surface area (Å²) in [5.41, 5.74) is 6.05. The zero-order chi connectivity index (χ0) is 14.5. The van der Waals surface area contributed by atoms with Gasteiger partial charge in [0, 0.05) is 42.7 Å². The molecule has 0 radical (unpaired) electrons. The van der Waals surface area contributed by atoms with Gasteiger partial charge in [-0.1, -0.05) is 6.92 Å². The third kappa shape index (κ3) is 4.38. The molecule has 0 aliphatic carbocycles. The van der Waals surface area contributed by atoms with E-state index in [0.717, 1.165) is 25.4 Å². The van der Waals surface area contributed by atoms with Crippen LogP contribution in [0.5, 0.6) is 0 Å². The third-order valence-electron chi connectivity index (χ3n) is 3.26. The summed E-state index contributed by atoms with van der Waals surface area (Å²) < 4.78 is 13.0. The Hall–Kier alpha value is -1.27. The molecule has 3 N–H and O–H groups in total. The minimum Gasteiger partial charge on any atom is -0.396 e. The normalized spacial score (nSPS) is 19.8. The highest BCUT2D eigenvalue weighted by atomic mass is 32.2. The second kappa shape index (κ2) is 6.95. The third-order valence-corrected chi connectivity index (χ3v) is 4.40. The lowest BCUT2D eigenvalue weighted by molar-refractivity contribution is -0.116. The fraction of sp³-hybridized carbons (Fsp3) is 0.500. The molecule has 20 heavy (non-hydrogen) atoms. The van der Waals surface area contributed by atoms with Crippen LogP contribution in [0.15, 0.2) is 18.2 Å². The summed E-state index contributed by atoms with van der Waals surface area (Å²) in [7, 11) is 0. The maximum Gasteiger partial charge on any atom is 0.225 e. The molecule has 4 nitrogen and oxygen atoms in total. The van der Waals surface area contributed by atoms with E-state index in [1.54, 1.807) is 0 Å². The minimum absolute atomic E-state index is 0.0460. The molecule has 6 heteroatoms. The van der Waals surface area contributed by atoms with Gasteiger partial charge < -0.3 is 16.0 Å². The van der Waals surface area contributed by atoms with Crippen LogP contribution in [0, 0.1) is 5.82 Å². The van der Waals surface area contributed by atoms with Crippen molar-refractivity contribution in [2.75, 3.05) is 36.4 Å². The minimum atomic E-state index is -0.470. The van der Waals surface area contributed by atoms with Crippen LogP contribution < -0.4 is 11.1 Å². The van der Waals surface area contributed by atoms with Crippen molar-refractivity contribution in [2.45, 2.75) is 18.6 Å². The molecule has 0 bridgehead atoms. The van der Waals surface area contributed by atoms with Crippen LogP contribution in [0.25, 0.3) is 0 Å². The van der Waals surface area contributed by atoms with Crippen LogP contribution >= 0.6 is 11.8 Å². The Kier molecular flexibility index (Phi) is 5.25. The molecular weight excluding hydrogens is 277 g/mol. The van der Waals surface area contributed by atoms with E-state index in [4.69, 9.17) is 5.73 Å². The summed E-state index contributed by atoms with van der Waals surface area (Å²) in [6, 6.07) is 4.21. The quantitative estimate of drug-likeness (QED) is 0.836. The molecule has 1 aliphatic rings. The monoisotopic (exact) mass is 297 g/mol. The second-order valence-electron chi connectivity index (χ2n) is 5.02. The first-order valence-electron chi connectivity index (χ1n) is 6.73. The van der Waals surface area contributed by atoms with E-state index >= 15 is 0 Å². The van der Waals surface area contributed by atoms with E-state index in [2.05, 4.69) is 17.1 Å². The number of halogens is 1. The molecule has 1 saturated heterocycles. The average molecular weight is 297 g/mol. The van der Waals surface area contributed by atoms with Crippen molar-refractivity contribution in [1.82, 2.24) is 4.90 Å². The first kappa shape index (κ1) is 15.1. The van der Waals surface area contributed by atoms with Gasteiger partial charge in [0.25, 0.3) is 0 Å². The Morgan fingerprint density at radius 2 is 2.40 bits per heavy atom. The summed E-state index contributed by atoms with van der Waals surface area (Å²) in [5.74, 6) is 0.585. The Labute approximate surface area is 122 Å². The number of nitrogen functional groups attached to an aromatic ring is 1. The largest absolute Gasteiger partial charge is 0.396 e. The lowest BCUT2D eigenvalue weighted by atomic mass is 10.2. The van der Waals surface area contributed by atoms with Crippen LogP contribution in [0.4, 0.5) is 15.8 Å². The molecule has 2 rings (SSSR count). The van der Waals surface area contributed by atoms with Gasteiger partial charge in [0.05, 0.1) is 5.69 Å². The molecule has 0 spiro atoms. The SMILES string of the molecule is CC1CN(CCC(=O)Nc2ccc(F)c(N)c2)CCS1. The molecule has 1 atom stereocenters. The van der Waals surface area contributed by atoms with Gasteiger partial charge in [-0.15, -0.1) is 0 Å². The van der Waals surface area contributed by atoms with Crippen molar-refractivity contribution < 1.29 is 9.18 Å². The van der Waals surface area contributed by atoms with Crippen molar-refractivity contribution in [2.24, 2.45) is 0 Å². The van der Waals surface area contributed by atoms with E-state index in [9.17, 15) is 9.18 Å². The molecule has 1 aromatic carbocycles. The zero-order valence-corrected chi connectivity index (χ0v) is 12.4. The van der Waals surface area contributed by atoms with Gasteiger partial charge in [-0.2, -0.15) is 11.8 Å². The lowest BCUT2D eigenvalue weighted by Crippen LogP contribution is -2.38. The summed E-state index contributed by atoms with van der Waals surface area (Å²) in [6.07, 6.45) is 0.439. The van der Waals surface area contributed by atoms with E-state index in [0.29, 0.717) is 17.4 Å². The topological polar surface area (TPSA) is 58.4 Å². The number of benzene rings is 1. The number of carbonyl (C=O) groups is 1. The summed E-state index contributed by atoms with van der Waals surface area (Å²) in [5, 5.41) is 3.37. The Morgan fingerprint density at radius 3 is 3.10 bits per heavy atom. The van der Waals surface area contributed by atoms with Gasteiger partial charge in [-0.3, -0.25) is 4.79 Å². The number of amides is 1. The molecule has 1 unspecified atom stereocenters. The average Bonchev–Trinajstić information content (AvgIpc) is 2.41. The van der Waals surface area contributed by atoms with E-state index in [-0.39, 0.29) is 11.6 Å². The zero-order valence-electron chi connectivity index (χ0n) is 11.6. The van der Waals surface area contributed by atoms with Crippen LogP contribution in [0.2, 0.25) is 0 Å². The van der Waals surface area contributed by atoms with E-state index in [1.165, 1.54) is 18.2 Å². The highest BCUT2D eigenvalue weighted by Crippen LogP contribution is 2.18. The van der Waals surface area contributed by atoms with Crippen LogP contribution in [-0.4, -0.2) is 41.4 Å². The number of thioether (sulfide) groups is 1. The maximum absolute atomic E-state index is 13.0. The molecule has 0 aromatic heterocycles. The van der Waals surface area contributed by atoms with Crippen molar-refractivity contribution in [3.63, 3.8) is 0 Å². The smallest absolute Gasteiger partial charge is 0.225 e. The molecule has 1 aromatic rings. The molecular formula is C14H20FN3OS. The van der Waals surface area contributed by atoms with Gasteiger partial charge in [0.2, 0.25) is 5.91 Å². The van der Waals surface area contributed by atoms with Gasteiger partial charge in [-0.05, 0) is 18.2 Å². The predicted octanol–water partition coefficient (Wildman–Crippen LogP) is 2.17. The van der Waals surface area contributed by atoms with Gasteiger partial charge in [0.1, 0.15) is 5.82 Å².